The molecule has 4 aromatic rings. The quantitative estimate of drug-likeness (QED) is 0.00392. The van der Waals surface area contributed by atoms with Gasteiger partial charge < -0.3 is 25.1 Å². The molecule has 8 amide bonds. The number of imide groups is 4. The Bertz CT molecular complexity index is 3610. The Morgan fingerprint density at radius 1 is 0.491 bits per heavy atom. The summed E-state index contributed by atoms with van der Waals surface area (Å²) in [5.41, 5.74) is 9.37. The van der Waals surface area contributed by atoms with Crippen LogP contribution >= 0.6 is 46.0 Å². The average Bonchev–Trinajstić information content (AvgIpc) is 1.66. The fraction of sp³-hybridized carbons (Fsp3) is 0.407. The lowest BCUT2D eigenvalue weighted by atomic mass is 10.1. The number of unbranched alkanes of at least 4 members (excludes halogenated alkanes) is 10. The molecule has 0 saturated heterocycles. The van der Waals surface area contributed by atoms with Gasteiger partial charge in [-0.05, 0) is 201 Å². The smallest absolute Gasteiger partial charge is 0.391 e. The Kier molecular flexibility index (Phi) is 58.8. The SMILES string of the molecule is C#CCCCCN1C(=O)c2ccccc2C1=O.C#CCCCCO.C/C=C\CCCCN.C/C=C\CCCCN1C(=O)c2ccccc2C1=O.CCOC(=O)C(=O)CC.CCOC(=O)C(=O)CC.CCOC(=O)C(=O)Cl.CNCl.O=C1NC(=O)c2ccccc21.O=C1c2ccccc2C(=O)N1CCCCC#CI. The number of nitrogens with zero attached hydrogens (tertiary/aromatic N) is 3. The normalized spacial score (nSPS) is 11.8. The number of halogens is 3. The summed E-state index contributed by atoms with van der Waals surface area (Å²) in [5.74, 6) is 3.02. The number of nitrogens with one attached hydrogen (secondary N) is 2. The van der Waals surface area contributed by atoms with Crippen molar-refractivity contribution in [3.05, 3.63) is 166 Å². The van der Waals surface area contributed by atoms with E-state index in [0.717, 1.165) is 83.6 Å². The van der Waals surface area contributed by atoms with Gasteiger partial charge in [0.25, 0.3) is 47.3 Å². The van der Waals surface area contributed by atoms with Crippen LogP contribution in [-0.4, -0.2) is 161 Å². The van der Waals surface area contributed by atoms with E-state index in [-0.39, 0.29) is 86.5 Å². The minimum Gasteiger partial charge on any atom is -0.460 e. The minimum absolute atomic E-state index is 0.151. The van der Waals surface area contributed by atoms with Crippen molar-refractivity contribution in [2.45, 2.75) is 158 Å². The number of allylic oxidation sites excluding steroid dienone is 4. The number of Topliss-reactive ketones (excluding diaryl/α,β-unsaturated/α-hetero) is 2. The number of ketones is 2. The molecule has 0 bridgehead atoms. The van der Waals surface area contributed by atoms with Gasteiger partial charge in [0.05, 0.1) is 64.3 Å². The number of carbonyl (C=O) groups is 14. The maximum Gasteiger partial charge on any atom is 0.391 e. The number of carbonyl (C=O) groups excluding carboxylic acids is 14. The second kappa shape index (κ2) is 63.3. The zero-order valence-corrected chi connectivity index (χ0v) is 66.5. The lowest BCUT2D eigenvalue weighted by molar-refractivity contribution is -0.153. The number of fused-ring (bicyclic) bond motifs is 4. The van der Waals surface area contributed by atoms with Crippen molar-refractivity contribution in [3.8, 4) is 34.5 Å². The van der Waals surface area contributed by atoms with E-state index in [2.05, 4.69) is 64.3 Å². The molecular weight excluding hydrogens is 1540 g/mol. The van der Waals surface area contributed by atoms with Crippen LogP contribution in [0.3, 0.4) is 0 Å². The van der Waals surface area contributed by atoms with Crippen LogP contribution in [-0.2, 0) is 43.0 Å². The lowest BCUT2D eigenvalue weighted by Crippen LogP contribution is -2.30. The molecule has 4 heterocycles. The third-order valence-corrected chi connectivity index (χ3v) is 14.9. The van der Waals surface area contributed by atoms with E-state index in [1.54, 1.807) is 139 Å². The zero-order valence-electron chi connectivity index (χ0n) is 62.8. The molecule has 0 fully saturated rings. The van der Waals surface area contributed by atoms with Crippen LogP contribution in [0.5, 0.6) is 0 Å². The number of aliphatic hydroxyl groups is 1. The first-order valence-electron chi connectivity index (χ1n) is 35.2. The molecular formula is C81H101Cl2IN6O18. The Morgan fingerprint density at radius 3 is 1.04 bits per heavy atom. The summed E-state index contributed by atoms with van der Waals surface area (Å²) >= 11 is 11.4. The number of amides is 8. The van der Waals surface area contributed by atoms with Crippen molar-refractivity contribution >= 4 is 128 Å². The Morgan fingerprint density at radius 2 is 0.778 bits per heavy atom. The summed E-state index contributed by atoms with van der Waals surface area (Å²) in [6, 6.07) is 27.6. The molecule has 0 atom stereocenters. The first-order valence-corrected chi connectivity index (χ1v) is 37.1. The Balaban J connectivity index is 0. The molecule has 0 aromatic heterocycles. The van der Waals surface area contributed by atoms with Crippen LogP contribution in [0.15, 0.2) is 121 Å². The number of aliphatic hydroxyl groups excluding tert-OH is 1. The summed E-state index contributed by atoms with van der Waals surface area (Å²) in [4.78, 5) is 162. The van der Waals surface area contributed by atoms with Crippen molar-refractivity contribution in [1.29, 1.82) is 0 Å². The van der Waals surface area contributed by atoms with E-state index < -0.39 is 34.7 Å². The number of benzene rings is 4. The maximum atomic E-state index is 12.0. The second-order valence-corrected chi connectivity index (χ2v) is 23.4. The first kappa shape index (κ1) is 100. The number of rotatable bonds is 28. The number of terminal acetylenes is 2. The molecule has 0 unspecified atom stereocenters. The molecule has 0 spiro atoms. The van der Waals surface area contributed by atoms with Gasteiger partial charge in [-0.15, -0.1) is 24.7 Å². The highest BCUT2D eigenvalue weighted by Gasteiger charge is 2.37. The number of ether oxygens (including phenoxy) is 3. The zero-order chi connectivity index (χ0) is 81.6. The molecule has 4 aromatic carbocycles. The highest BCUT2D eigenvalue weighted by molar-refractivity contribution is 14.1. The van der Waals surface area contributed by atoms with E-state index in [9.17, 15) is 67.1 Å². The summed E-state index contributed by atoms with van der Waals surface area (Å²) in [5, 5.41) is 9.35. The summed E-state index contributed by atoms with van der Waals surface area (Å²) in [6.45, 7) is 15.5. The monoisotopic (exact) mass is 1640 g/mol. The van der Waals surface area contributed by atoms with E-state index in [0.29, 0.717) is 70.6 Å². The highest BCUT2D eigenvalue weighted by Crippen LogP contribution is 2.25. The summed E-state index contributed by atoms with van der Waals surface area (Å²) in [6.07, 6.45) is 32.7. The third-order valence-electron chi connectivity index (χ3n) is 14.3. The van der Waals surface area contributed by atoms with Crippen molar-refractivity contribution in [2.24, 2.45) is 5.73 Å². The Hall–Kier alpha value is -9.79. The van der Waals surface area contributed by atoms with Gasteiger partial charge in [0, 0.05) is 80.9 Å². The van der Waals surface area contributed by atoms with Crippen molar-refractivity contribution in [2.75, 3.05) is 59.7 Å². The summed E-state index contributed by atoms with van der Waals surface area (Å²) in [7, 11) is 1.64. The largest absolute Gasteiger partial charge is 0.460 e. The fourth-order valence-corrected chi connectivity index (χ4v) is 9.31. The predicted molar refractivity (Wildman–Crippen MR) is 424 cm³/mol. The molecule has 108 heavy (non-hydrogen) atoms. The van der Waals surface area contributed by atoms with Crippen LogP contribution < -0.4 is 15.9 Å². The lowest BCUT2D eigenvalue weighted by Gasteiger charge is -2.12. The molecule has 24 nitrogen and oxygen atoms in total. The molecule has 0 saturated carbocycles. The van der Waals surface area contributed by atoms with Gasteiger partial charge in [-0.25, -0.2) is 19.2 Å². The molecule has 5 N–H and O–H groups in total. The maximum absolute atomic E-state index is 12.0. The van der Waals surface area contributed by atoms with Crippen molar-refractivity contribution in [3.63, 3.8) is 0 Å². The first-order chi connectivity index (χ1) is 51.9. The van der Waals surface area contributed by atoms with E-state index in [4.69, 9.17) is 47.1 Å². The topological polar surface area (TPSA) is 347 Å². The van der Waals surface area contributed by atoms with Gasteiger partial charge in [-0.2, -0.15) is 0 Å². The van der Waals surface area contributed by atoms with Gasteiger partial charge in [-0.1, -0.05) is 92.6 Å². The van der Waals surface area contributed by atoms with Crippen LogP contribution in [0.2, 0.25) is 0 Å². The molecule has 584 valence electrons. The number of hydrogen-bond donors (Lipinski definition) is 4. The molecule has 0 aliphatic carbocycles. The second-order valence-electron chi connectivity index (χ2n) is 22.1. The van der Waals surface area contributed by atoms with Gasteiger partial charge in [0.2, 0.25) is 11.6 Å². The third kappa shape index (κ3) is 39.7. The van der Waals surface area contributed by atoms with E-state index in [1.807, 2.05) is 42.5 Å². The summed E-state index contributed by atoms with van der Waals surface area (Å²) < 4.78 is 15.8. The van der Waals surface area contributed by atoms with Gasteiger partial charge in [0.1, 0.15) is 0 Å². The molecule has 4 aliphatic heterocycles. The molecule has 27 heteroatoms. The van der Waals surface area contributed by atoms with Crippen LogP contribution in [0.25, 0.3) is 0 Å². The van der Waals surface area contributed by atoms with Gasteiger partial charge in [0.15, 0.2) is 0 Å². The fourth-order valence-electron chi connectivity index (χ4n) is 8.98. The van der Waals surface area contributed by atoms with E-state index in [1.165, 1.54) is 27.5 Å². The highest BCUT2D eigenvalue weighted by atomic mass is 127. The van der Waals surface area contributed by atoms with Gasteiger partial charge >= 0.3 is 23.2 Å². The number of hydrogen-bond acceptors (Lipinski definition) is 20. The minimum atomic E-state index is -1.08. The van der Waals surface area contributed by atoms with Crippen LogP contribution in [0.4, 0.5) is 0 Å². The molecule has 0 radical (unpaired) electrons. The Labute approximate surface area is 658 Å². The molecule has 8 rings (SSSR count). The standard InChI is InChI=1S/C15H17NO2.C14H12INO2.C14H13NO2.C8H5NO2.C7H15N.2C6H10O3.C6H10O.C4H5ClO3.CH4ClN/c1-2-3-4-5-8-11-16-14(17)12-9-6-7-10-13(12)15(16)18;15-9-5-1-2-6-10-16-13(17)11-7-3-4-8-12(11)14(16)18;1-2-3-4-7-10-15-13(16)11-8-5-6-9-12(11)14(15)17;10-7-5-3-1-2-4-6(5)8(11)9-7;1-2-3-4-5-6-7-8;2*1-3-5(7)6(8)9-4-2;1-2-3-4-5-6-7;1-2-8-4(7)3(5)6;1-3-2/h2-3,6-7,9-10H,4-5,8,11H2,1H3;3-4,7-8H,1-2,6,10H2;1,5-6,8-9H,3-4,7,10H2;1-4H,(H,9,10,11);2-3H,4-8H2,1H3;2*3-4H2,1-2H3;1,7H,3-6H2;2H2,1H3;3H,1H3/b3-2-;;;;3-2-;;;;;. The van der Waals surface area contributed by atoms with Crippen LogP contribution in [0, 0.1) is 34.5 Å². The number of esters is 3. The number of nitrogens with two attached hydrogens (primary N) is 1. The van der Waals surface area contributed by atoms with Crippen molar-refractivity contribution in [1.82, 2.24) is 24.9 Å². The van der Waals surface area contributed by atoms with Crippen molar-refractivity contribution < 1.29 is 86.4 Å². The molecule has 4 aliphatic rings. The van der Waals surface area contributed by atoms with E-state index >= 15 is 0 Å². The van der Waals surface area contributed by atoms with Crippen LogP contribution in [0.1, 0.15) is 240 Å². The van der Waals surface area contributed by atoms with Gasteiger partial charge in [-0.3, -0.25) is 72.8 Å². The average molecular weight is 1640 g/mol. The predicted octanol–water partition coefficient (Wildman–Crippen LogP) is 12.7.